The molecule has 2 saturated heterocycles. The number of hydrogen-bond acceptors (Lipinski definition) is 5. The van der Waals surface area contributed by atoms with E-state index >= 15 is 0 Å². The van der Waals surface area contributed by atoms with Crippen LogP contribution in [0.25, 0.3) is 0 Å². The van der Waals surface area contributed by atoms with Crippen molar-refractivity contribution in [2.24, 2.45) is 0 Å². The number of halogens is 1. The quantitative estimate of drug-likeness (QED) is 0.887. The number of nitrogens with zero attached hydrogens (tertiary/aromatic N) is 1. The second kappa shape index (κ2) is 6.19. The Morgan fingerprint density at radius 1 is 1.35 bits per heavy atom. The second-order valence-corrected chi connectivity index (χ2v) is 7.32. The highest BCUT2D eigenvalue weighted by molar-refractivity contribution is 7.99. The van der Waals surface area contributed by atoms with Crippen LogP contribution in [0.4, 0.5) is 0 Å². The number of benzene rings is 1. The second-order valence-electron chi connectivity index (χ2n) is 5.92. The van der Waals surface area contributed by atoms with Gasteiger partial charge in [0.25, 0.3) is 11.3 Å². The van der Waals surface area contributed by atoms with Crippen molar-refractivity contribution in [2.75, 3.05) is 0 Å². The Balaban J connectivity index is 1.38. The van der Waals surface area contributed by atoms with Gasteiger partial charge in [-0.3, -0.25) is 4.79 Å². The molecule has 0 radical (unpaired) electrons. The number of carbonyl (C=O) groups excluding carboxylic acids is 1. The largest absolute Gasteiger partial charge is 0.421 e. The molecule has 3 atom stereocenters. The van der Waals surface area contributed by atoms with Gasteiger partial charge in [0.2, 0.25) is 0 Å². The Hall–Kier alpha value is -1.50. The maximum atomic E-state index is 12.4. The molecular weight excluding hydrogens is 334 g/mol. The summed E-state index contributed by atoms with van der Waals surface area (Å²) in [5.41, 5.74) is 0.674. The van der Waals surface area contributed by atoms with Crippen molar-refractivity contribution in [3.05, 3.63) is 41.4 Å². The van der Waals surface area contributed by atoms with Gasteiger partial charge in [-0.25, -0.2) is 4.98 Å². The molecule has 2 bridgehead atoms. The van der Waals surface area contributed by atoms with Gasteiger partial charge < -0.3 is 15.1 Å². The van der Waals surface area contributed by atoms with Gasteiger partial charge >= 0.3 is 0 Å². The van der Waals surface area contributed by atoms with Gasteiger partial charge in [0.05, 0.1) is 6.20 Å². The molecular formula is C16H16ClN3O2S. The zero-order valence-corrected chi connectivity index (χ0v) is 13.9. The number of aromatic nitrogens is 1. The lowest BCUT2D eigenvalue weighted by Gasteiger charge is -2.21. The van der Waals surface area contributed by atoms with Crippen molar-refractivity contribution in [1.82, 2.24) is 15.6 Å². The molecule has 1 amide bonds. The maximum Gasteiger partial charge on any atom is 0.293 e. The number of fused-ring (bicyclic) bond motifs is 2. The van der Waals surface area contributed by atoms with Gasteiger partial charge in [0, 0.05) is 28.6 Å². The van der Waals surface area contributed by atoms with Gasteiger partial charge in [-0.05, 0) is 55.1 Å². The van der Waals surface area contributed by atoms with E-state index in [1.54, 1.807) is 6.20 Å². The Morgan fingerprint density at radius 2 is 2.17 bits per heavy atom. The van der Waals surface area contributed by atoms with E-state index in [0.717, 1.165) is 17.7 Å². The van der Waals surface area contributed by atoms with Crippen LogP contribution in [-0.2, 0) is 0 Å². The van der Waals surface area contributed by atoms with Crippen LogP contribution in [0.3, 0.4) is 0 Å². The minimum absolute atomic E-state index is 0.0105. The molecule has 4 rings (SSSR count). The van der Waals surface area contributed by atoms with Gasteiger partial charge in [-0.2, -0.15) is 0 Å². The fourth-order valence-corrected chi connectivity index (χ4v) is 4.22. The first-order valence-electron chi connectivity index (χ1n) is 7.63. The molecule has 1 aromatic heterocycles. The van der Waals surface area contributed by atoms with Crippen LogP contribution in [-0.4, -0.2) is 29.0 Å². The Bertz CT molecular complexity index is 718. The first-order chi connectivity index (χ1) is 11.2. The van der Waals surface area contributed by atoms with E-state index in [2.05, 4.69) is 15.6 Å². The number of rotatable bonds is 4. The van der Waals surface area contributed by atoms with E-state index in [9.17, 15) is 4.79 Å². The molecule has 2 N–H and O–H groups in total. The average Bonchev–Trinajstić information content (AvgIpc) is 3.25. The third kappa shape index (κ3) is 3.24. The predicted octanol–water partition coefficient (Wildman–Crippen LogP) is 3.10. The monoisotopic (exact) mass is 349 g/mol. The van der Waals surface area contributed by atoms with E-state index in [1.807, 2.05) is 24.3 Å². The minimum atomic E-state index is -0.0105. The first-order valence-corrected chi connectivity index (χ1v) is 8.83. The maximum absolute atomic E-state index is 12.4. The molecule has 7 heteroatoms. The molecule has 2 aliphatic heterocycles. The van der Waals surface area contributed by atoms with E-state index in [-0.39, 0.29) is 17.3 Å². The predicted molar refractivity (Wildman–Crippen MR) is 87.9 cm³/mol. The fourth-order valence-electron chi connectivity index (χ4n) is 3.31. The third-order valence-corrected chi connectivity index (χ3v) is 5.48. The van der Waals surface area contributed by atoms with Crippen LogP contribution in [0.5, 0.6) is 0 Å². The summed E-state index contributed by atoms with van der Waals surface area (Å²) in [6, 6.07) is 8.73. The summed E-state index contributed by atoms with van der Waals surface area (Å²) in [6.07, 6.45) is 5.01. The molecule has 1 aromatic carbocycles. The van der Waals surface area contributed by atoms with Crippen molar-refractivity contribution in [3.8, 4) is 0 Å². The highest BCUT2D eigenvalue weighted by atomic mass is 35.5. The summed E-state index contributed by atoms with van der Waals surface area (Å²) in [6.45, 7) is 0. The van der Waals surface area contributed by atoms with E-state index in [1.165, 1.54) is 18.2 Å². The van der Waals surface area contributed by atoms with E-state index < -0.39 is 0 Å². The van der Waals surface area contributed by atoms with Crippen molar-refractivity contribution in [1.29, 1.82) is 0 Å². The van der Waals surface area contributed by atoms with Gasteiger partial charge in [-0.15, -0.1) is 0 Å². The molecule has 2 aliphatic rings. The number of hydrogen-bond donors (Lipinski definition) is 2. The molecule has 120 valence electrons. The highest BCUT2D eigenvalue weighted by Crippen LogP contribution is 2.30. The molecule has 0 spiro atoms. The summed E-state index contributed by atoms with van der Waals surface area (Å²) < 4.78 is 5.21. The first kappa shape index (κ1) is 15.1. The van der Waals surface area contributed by atoms with Crippen molar-refractivity contribution in [2.45, 2.75) is 47.4 Å². The van der Waals surface area contributed by atoms with Gasteiger partial charge in [0.15, 0.2) is 5.09 Å². The number of oxazole rings is 1. The lowest BCUT2D eigenvalue weighted by atomic mass is 9.95. The number of amides is 1. The van der Waals surface area contributed by atoms with Crippen LogP contribution in [0.2, 0.25) is 5.35 Å². The summed E-state index contributed by atoms with van der Waals surface area (Å²) in [5, 5.41) is 7.43. The molecule has 2 fully saturated rings. The normalized spacial score (nSPS) is 25.7. The summed E-state index contributed by atoms with van der Waals surface area (Å²) in [4.78, 5) is 17.2. The molecule has 0 unspecified atom stereocenters. The highest BCUT2D eigenvalue weighted by Gasteiger charge is 2.39. The summed E-state index contributed by atoms with van der Waals surface area (Å²) in [5.74, 6) is -0.0105. The van der Waals surface area contributed by atoms with Gasteiger partial charge in [0.1, 0.15) is 0 Å². The van der Waals surface area contributed by atoms with Crippen molar-refractivity contribution < 1.29 is 9.21 Å². The van der Waals surface area contributed by atoms with Crippen molar-refractivity contribution in [3.63, 3.8) is 0 Å². The minimum Gasteiger partial charge on any atom is -0.421 e. The van der Waals surface area contributed by atoms with Crippen LogP contribution in [0, 0.1) is 0 Å². The van der Waals surface area contributed by atoms with Gasteiger partial charge in [-0.1, -0.05) is 11.8 Å². The Morgan fingerprint density at radius 3 is 2.78 bits per heavy atom. The van der Waals surface area contributed by atoms with E-state index in [0.29, 0.717) is 22.7 Å². The standard InChI is InChI=1S/C16H16ClN3O2S/c17-16-18-8-14(22-16)23-11-4-1-9(2-5-11)15(21)20-13-7-10-3-6-12(13)19-10/h1-2,4-5,8,10,12-13,19H,3,6-7H2,(H,20,21)/t10-,12+,13-/m1/s1. The Labute approximate surface area is 143 Å². The summed E-state index contributed by atoms with van der Waals surface area (Å²) in [7, 11) is 0. The molecule has 5 nitrogen and oxygen atoms in total. The number of carbonyl (C=O) groups is 1. The lowest BCUT2D eigenvalue weighted by Crippen LogP contribution is -2.42. The van der Waals surface area contributed by atoms with Crippen LogP contribution >= 0.6 is 23.4 Å². The molecule has 3 heterocycles. The Kier molecular flexibility index (Phi) is 4.05. The summed E-state index contributed by atoms with van der Waals surface area (Å²) >= 11 is 7.07. The van der Waals surface area contributed by atoms with Crippen LogP contribution in [0.15, 0.2) is 44.9 Å². The number of nitrogens with one attached hydrogen (secondary N) is 2. The third-order valence-electron chi connectivity index (χ3n) is 4.41. The molecule has 2 aromatic rings. The van der Waals surface area contributed by atoms with Crippen molar-refractivity contribution >= 4 is 29.3 Å². The van der Waals surface area contributed by atoms with E-state index in [4.69, 9.17) is 16.0 Å². The van der Waals surface area contributed by atoms with Crippen LogP contribution < -0.4 is 10.6 Å². The molecule has 23 heavy (non-hydrogen) atoms. The smallest absolute Gasteiger partial charge is 0.293 e. The van der Waals surface area contributed by atoms with Crippen LogP contribution in [0.1, 0.15) is 29.6 Å². The SMILES string of the molecule is O=C(N[C@@H]1C[C@H]2CC[C@@H]1N2)c1ccc(Sc2cnc(Cl)o2)cc1. The molecule has 0 aliphatic carbocycles. The lowest BCUT2D eigenvalue weighted by molar-refractivity contribution is 0.0931. The average molecular weight is 350 g/mol. The zero-order valence-electron chi connectivity index (χ0n) is 12.3. The topological polar surface area (TPSA) is 67.2 Å². The zero-order chi connectivity index (χ0) is 15.8. The fraction of sp³-hybridized carbons (Fsp3) is 0.375. The molecule has 0 saturated carbocycles.